The van der Waals surface area contributed by atoms with E-state index in [2.05, 4.69) is 0 Å². The van der Waals surface area contributed by atoms with E-state index in [1.807, 2.05) is 36.1 Å². The van der Waals surface area contributed by atoms with E-state index in [9.17, 15) is 9.90 Å². The first kappa shape index (κ1) is 18.2. The van der Waals surface area contributed by atoms with Crippen molar-refractivity contribution in [2.45, 2.75) is 32.0 Å². The molecule has 2 saturated heterocycles. The molecule has 1 aromatic carbocycles. The van der Waals surface area contributed by atoms with Crippen molar-refractivity contribution in [1.82, 2.24) is 4.90 Å². The van der Waals surface area contributed by atoms with E-state index in [1.165, 1.54) is 10.5 Å². The molecule has 2 aliphatic rings. The zero-order valence-corrected chi connectivity index (χ0v) is 14.9. The molecule has 0 bridgehead atoms. The van der Waals surface area contributed by atoms with Crippen LogP contribution in [0.4, 0.5) is 0 Å². The van der Waals surface area contributed by atoms with Gasteiger partial charge in [0.05, 0.1) is 26.2 Å². The number of carbonyl (C=O) groups is 1. The fourth-order valence-corrected chi connectivity index (χ4v) is 3.44. The highest BCUT2D eigenvalue weighted by Crippen LogP contribution is 2.14. The Hall–Kier alpha value is -1.63. The lowest BCUT2D eigenvalue weighted by Gasteiger charge is -2.34. The number of benzene rings is 1. The molecule has 0 spiro atoms. The molecule has 2 N–H and O–H groups in total. The van der Waals surface area contributed by atoms with Crippen LogP contribution < -0.4 is 9.64 Å². The molecular weight excluding hydrogens is 320 g/mol. The first-order valence-corrected chi connectivity index (χ1v) is 9.23. The van der Waals surface area contributed by atoms with Crippen LogP contribution in [0.2, 0.25) is 0 Å². The molecule has 0 aliphatic carbocycles. The lowest BCUT2D eigenvalue weighted by molar-refractivity contribution is -0.907. The molecule has 3 rings (SSSR count). The standard InChI is InChI=1S/C19H28N2O4/c1-15-4-6-17(7-5-15)25-14-16(22)13-20-8-10-21(11-9-20)19(23)18-3-2-12-24-18/h4-7,16,18,22H,2-3,8-14H2,1H3/p+1/t16-,18+/m0/s1. The number of piperazine rings is 1. The van der Waals surface area contributed by atoms with Crippen LogP contribution in [0.15, 0.2) is 24.3 Å². The van der Waals surface area contributed by atoms with Crippen LogP contribution in [0.3, 0.4) is 0 Å². The van der Waals surface area contributed by atoms with Crippen LogP contribution in [0, 0.1) is 6.92 Å². The van der Waals surface area contributed by atoms with E-state index in [0.29, 0.717) is 19.8 Å². The third-order valence-corrected chi connectivity index (χ3v) is 4.98. The van der Waals surface area contributed by atoms with Crippen molar-refractivity contribution >= 4 is 5.91 Å². The summed E-state index contributed by atoms with van der Waals surface area (Å²) in [5.41, 5.74) is 1.19. The van der Waals surface area contributed by atoms with Gasteiger partial charge in [-0.3, -0.25) is 4.79 Å². The predicted octanol–water partition coefficient (Wildman–Crippen LogP) is -0.359. The Balaban J connectivity index is 1.36. The van der Waals surface area contributed by atoms with E-state index in [-0.39, 0.29) is 12.0 Å². The molecule has 0 saturated carbocycles. The van der Waals surface area contributed by atoms with Crippen molar-refractivity contribution in [2.75, 3.05) is 45.9 Å². The second kappa shape index (κ2) is 8.65. The Labute approximate surface area is 149 Å². The van der Waals surface area contributed by atoms with E-state index >= 15 is 0 Å². The van der Waals surface area contributed by atoms with E-state index in [1.54, 1.807) is 0 Å². The third-order valence-electron chi connectivity index (χ3n) is 4.98. The number of nitrogens with zero attached hydrogens (tertiary/aromatic N) is 1. The molecule has 138 valence electrons. The van der Waals surface area contributed by atoms with Gasteiger partial charge in [-0.1, -0.05) is 17.7 Å². The van der Waals surface area contributed by atoms with Crippen LogP contribution in [0.25, 0.3) is 0 Å². The van der Waals surface area contributed by atoms with Gasteiger partial charge in [0, 0.05) is 6.61 Å². The molecule has 0 unspecified atom stereocenters. The van der Waals surface area contributed by atoms with Gasteiger partial charge in [0.1, 0.15) is 31.1 Å². The van der Waals surface area contributed by atoms with Crippen molar-refractivity contribution in [1.29, 1.82) is 0 Å². The summed E-state index contributed by atoms with van der Waals surface area (Å²) in [6.07, 6.45) is 1.10. The number of nitrogens with one attached hydrogen (secondary N) is 1. The highest BCUT2D eigenvalue weighted by atomic mass is 16.5. The van der Waals surface area contributed by atoms with Gasteiger partial charge in [-0.2, -0.15) is 0 Å². The predicted molar refractivity (Wildman–Crippen MR) is 93.8 cm³/mol. The number of aliphatic hydroxyl groups is 1. The van der Waals surface area contributed by atoms with E-state index < -0.39 is 6.10 Å². The van der Waals surface area contributed by atoms with Crippen molar-refractivity contribution < 1.29 is 24.3 Å². The minimum Gasteiger partial charge on any atom is -0.491 e. The summed E-state index contributed by atoms with van der Waals surface area (Å²) < 4.78 is 11.1. The molecule has 0 radical (unpaired) electrons. The average molecular weight is 349 g/mol. The number of rotatable bonds is 6. The maximum Gasteiger partial charge on any atom is 0.252 e. The molecule has 1 aromatic rings. The van der Waals surface area contributed by atoms with Gasteiger partial charge in [0.25, 0.3) is 5.91 Å². The van der Waals surface area contributed by atoms with E-state index in [0.717, 1.165) is 44.8 Å². The number of hydrogen-bond donors (Lipinski definition) is 2. The fraction of sp³-hybridized carbons (Fsp3) is 0.632. The highest BCUT2D eigenvalue weighted by molar-refractivity contribution is 5.81. The van der Waals surface area contributed by atoms with Gasteiger partial charge < -0.3 is 24.4 Å². The molecule has 25 heavy (non-hydrogen) atoms. The van der Waals surface area contributed by atoms with Gasteiger partial charge in [-0.15, -0.1) is 0 Å². The summed E-state index contributed by atoms with van der Waals surface area (Å²) in [5, 5.41) is 10.2. The minimum atomic E-state index is -0.503. The monoisotopic (exact) mass is 349 g/mol. The molecule has 2 fully saturated rings. The lowest BCUT2D eigenvalue weighted by Crippen LogP contribution is -3.16. The highest BCUT2D eigenvalue weighted by Gasteiger charge is 2.32. The Morgan fingerprint density at radius 2 is 2.08 bits per heavy atom. The van der Waals surface area contributed by atoms with Gasteiger partial charge in [-0.25, -0.2) is 0 Å². The topological polar surface area (TPSA) is 63.4 Å². The zero-order chi connectivity index (χ0) is 17.6. The number of aryl methyl sites for hydroxylation is 1. The number of ether oxygens (including phenoxy) is 2. The Morgan fingerprint density at radius 3 is 2.72 bits per heavy atom. The number of carbonyl (C=O) groups excluding carboxylic acids is 1. The summed E-state index contributed by atoms with van der Waals surface area (Å²) >= 11 is 0. The molecule has 2 atom stereocenters. The van der Waals surface area contributed by atoms with Gasteiger partial charge >= 0.3 is 0 Å². The molecule has 1 amide bonds. The number of aliphatic hydroxyl groups excluding tert-OH is 1. The summed E-state index contributed by atoms with van der Waals surface area (Å²) in [5.74, 6) is 0.923. The van der Waals surface area contributed by atoms with Crippen molar-refractivity contribution in [3.63, 3.8) is 0 Å². The third kappa shape index (κ3) is 5.17. The van der Waals surface area contributed by atoms with Crippen LogP contribution in [-0.4, -0.2) is 74.1 Å². The van der Waals surface area contributed by atoms with Crippen LogP contribution >= 0.6 is 0 Å². The largest absolute Gasteiger partial charge is 0.491 e. The summed E-state index contributed by atoms with van der Waals surface area (Å²) in [6.45, 7) is 6.87. The first-order chi connectivity index (χ1) is 12.1. The van der Waals surface area contributed by atoms with Crippen LogP contribution in [0.5, 0.6) is 5.75 Å². The quantitative estimate of drug-likeness (QED) is 0.736. The van der Waals surface area contributed by atoms with Gasteiger partial charge in [0.15, 0.2) is 0 Å². The Morgan fingerprint density at radius 1 is 1.36 bits per heavy atom. The summed E-state index contributed by atoms with van der Waals surface area (Å²) in [6, 6.07) is 7.84. The molecule has 6 heteroatoms. The van der Waals surface area contributed by atoms with Gasteiger partial charge in [0.2, 0.25) is 0 Å². The molecule has 2 heterocycles. The van der Waals surface area contributed by atoms with Crippen molar-refractivity contribution in [2.24, 2.45) is 0 Å². The molecule has 2 aliphatic heterocycles. The molecule has 6 nitrogen and oxygen atoms in total. The average Bonchev–Trinajstić information content (AvgIpc) is 3.16. The normalized spacial score (nSPS) is 22.8. The maximum absolute atomic E-state index is 12.3. The zero-order valence-electron chi connectivity index (χ0n) is 14.9. The first-order valence-electron chi connectivity index (χ1n) is 9.23. The SMILES string of the molecule is Cc1ccc(OC[C@@H](O)C[NH+]2CCN(C(=O)[C@H]3CCCO3)CC2)cc1. The smallest absolute Gasteiger partial charge is 0.252 e. The maximum atomic E-state index is 12.3. The summed E-state index contributed by atoms with van der Waals surface area (Å²) in [4.78, 5) is 15.6. The van der Waals surface area contributed by atoms with Gasteiger partial charge in [-0.05, 0) is 31.9 Å². The molecular formula is C19H29N2O4+. The van der Waals surface area contributed by atoms with Crippen molar-refractivity contribution in [3.8, 4) is 5.75 Å². The van der Waals surface area contributed by atoms with E-state index in [4.69, 9.17) is 9.47 Å². The number of quaternary nitrogens is 1. The summed E-state index contributed by atoms with van der Waals surface area (Å²) in [7, 11) is 0. The number of amides is 1. The second-order valence-corrected chi connectivity index (χ2v) is 7.06. The van der Waals surface area contributed by atoms with Crippen LogP contribution in [-0.2, 0) is 9.53 Å². The Kier molecular flexibility index (Phi) is 6.29. The lowest BCUT2D eigenvalue weighted by atomic mass is 10.2. The Bertz CT molecular complexity index is 549. The fourth-order valence-electron chi connectivity index (χ4n) is 3.44. The van der Waals surface area contributed by atoms with Crippen molar-refractivity contribution in [3.05, 3.63) is 29.8 Å². The van der Waals surface area contributed by atoms with Crippen LogP contribution in [0.1, 0.15) is 18.4 Å². The molecule has 0 aromatic heterocycles. The number of hydrogen-bond acceptors (Lipinski definition) is 4. The minimum absolute atomic E-state index is 0.139. The second-order valence-electron chi connectivity index (χ2n) is 7.06.